The summed E-state index contributed by atoms with van der Waals surface area (Å²) in [4.78, 5) is 31.8. The second-order valence-corrected chi connectivity index (χ2v) is 9.94. The number of carbonyl (C=O) groups excluding carboxylic acids is 2. The highest BCUT2D eigenvalue weighted by Gasteiger charge is 2.48. The van der Waals surface area contributed by atoms with Gasteiger partial charge in [-0.15, -0.1) is 0 Å². The maximum absolute atomic E-state index is 13.6. The molecule has 37 heavy (non-hydrogen) atoms. The molecule has 188 valence electrons. The van der Waals surface area contributed by atoms with Crippen molar-refractivity contribution >= 4 is 45.6 Å². The van der Waals surface area contributed by atoms with Crippen molar-refractivity contribution in [3.63, 3.8) is 0 Å². The Kier molecular flexibility index (Phi) is 6.30. The van der Waals surface area contributed by atoms with Crippen molar-refractivity contribution in [1.29, 1.82) is 0 Å². The van der Waals surface area contributed by atoms with Crippen molar-refractivity contribution in [3.05, 3.63) is 99.7 Å². The molecule has 2 N–H and O–H groups in total. The number of ketones is 1. The number of anilines is 1. The minimum Gasteiger partial charge on any atom is -0.507 e. The third kappa shape index (κ3) is 4.07. The molecule has 0 radical (unpaired) electrons. The van der Waals surface area contributed by atoms with Gasteiger partial charge in [-0.3, -0.25) is 14.5 Å². The predicted octanol–water partition coefficient (Wildman–Crippen LogP) is 6.89. The zero-order valence-electron chi connectivity index (χ0n) is 21.0. The molecule has 6 nitrogen and oxygen atoms in total. The first kappa shape index (κ1) is 24.7. The van der Waals surface area contributed by atoms with Gasteiger partial charge in [0.2, 0.25) is 0 Å². The van der Waals surface area contributed by atoms with Gasteiger partial charge in [0, 0.05) is 28.4 Å². The average Bonchev–Trinajstić information content (AvgIpc) is 3.41. The molecule has 1 aliphatic rings. The van der Waals surface area contributed by atoms with Crippen molar-refractivity contribution in [1.82, 2.24) is 4.98 Å². The number of fused-ring (bicyclic) bond motifs is 1. The van der Waals surface area contributed by atoms with E-state index in [1.54, 1.807) is 18.3 Å². The summed E-state index contributed by atoms with van der Waals surface area (Å²) in [5.41, 5.74) is 4.23. The number of aromatic amines is 1. The van der Waals surface area contributed by atoms with Crippen LogP contribution >= 0.6 is 11.6 Å². The topological polar surface area (TPSA) is 82.6 Å². The molecule has 1 unspecified atom stereocenters. The van der Waals surface area contributed by atoms with E-state index in [1.165, 1.54) is 12.0 Å². The molecule has 3 aromatic carbocycles. The molecule has 1 aliphatic heterocycles. The van der Waals surface area contributed by atoms with E-state index in [4.69, 9.17) is 16.3 Å². The SMILES string of the molecule is COc1c(Cl)cc(C)cc1/C(O)=C1\C(=O)C(=O)N(c2ccc(C(C)C)cc2)C1c1c[nH]c2ccccc12. The molecule has 1 atom stereocenters. The van der Waals surface area contributed by atoms with Crippen LogP contribution in [0.5, 0.6) is 5.75 Å². The van der Waals surface area contributed by atoms with Gasteiger partial charge < -0.3 is 14.8 Å². The summed E-state index contributed by atoms with van der Waals surface area (Å²) in [7, 11) is 1.44. The number of aliphatic hydroxyl groups excluding tert-OH is 1. The van der Waals surface area contributed by atoms with Gasteiger partial charge in [-0.25, -0.2) is 0 Å². The van der Waals surface area contributed by atoms with Gasteiger partial charge >= 0.3 is 0 Å². The number of nitrogens with one attached hydrogen (secondary N) is 1. The lowest BCUT2D eigenvalue weighted by molar-refractivity contribution is -0.132. The molecule has 2 heterocycles. The molecule has 0 bridgehead atoms. The molecular formula is C30H27ClN2O4. The second-order valence-electron chi connectivity index (χ2n) is 9.53. The molecule has 1 aromatic heterocycles. The Labute approximate surface area is 220 Å². The first-order valence-corrected chi connectivity index (χ1v) is 12.4. The molecule has 5 rings (SSSR count). The number of carbonyl (C=O) groups is 2. The summed E-state index contributed by atoms with van der Waals surface area (Å²) < 4.78 is 5.48. The van der Waals surface area contributed by atoms with Crippen LogP contribution in [0.1, 0.15) is 48.1 Å². The van der Waals surface area contributed by atoms with Crippen LogP contribution in [0.25, 0.3) is 16.7 Å². The van der Waals surface area contributed by atoms with Gasteiger partial charge in [-0.2, -0.15) is 0 Å². The molecule has 1 amide bonds. The zero-order chi connectivity index (χ0) is 26.4. The second kappa shape index (κ2) is 9.45. The number of amides is 1. The maximum Gasteiger partial charge on any atom is 0.300 e. The minimum absolute atomic E-state index is 0.0253. The van der Waals surface area contributed by atoms with Crippen LogP contribution in [-0.4, -0.2) is 28.9 Å². The summed E-state index contributed by atoms with van der Waals surface area (Å²) in [5.74, 6) is -1.29. The quantitative estimate of drug-likeness (QED) is 0.172. The Bertz CT molecular complexity index is 1570. The number of para-hydroxylation sites is 1. The number of halogens is 1. The Morgan fingerprint density at radius 2 is 1.78 bits per heavy atom. The van der Waals surface area contributed by atoms with E-state index in [2.05, 4.69) is 18.8 Å². The van der Waals surface area contributed by atoms with E-state index in [-0.39, 0.29) is 22.6 Å². The molecule has 7 heteroatoms. The Balaban J connectivity index is 1.79. The van der Waals surface area contributed by atoms with Crippen LogP contribution in [0.3, 0.4) is 0 Å². The third-order valence-corrected chi connectivity index (χ3v) is 7.13. The van der Waals surface area contributed by atoms with Gasteiger partial charge in [0.05, 0.1) is 29.3 Å². The maximum atomic E-state index is 13.6. The lowest BCUT2D eigenvalue weighted by Crippen LogP contribution is -2.29. The van der Waals surface area contributed by atoms with Crippen molar-refractivity contribution < 1.29 is 19.4 Å². The van der Waals surface area contributed by atoms with Crippen molar-refractivity contribution in [2.24, 2.45) is 0 Å². The Morgan fingerprint density at radius 3 is 2.46 bits per heavy atom. The average molecular weight is 515 g/mol. The summed E-state index contributed by atoms with van der Waals surface area (Å²) in [6.45, 7) is 6.01. The Hall–Kier alpha value is -4.03. The first-order valence-electron chi connectivity index (χ1n) is 12.0. The number of aromatic nitrogens is 1. The number of rotatable bonds is 5. The summed E-state index contributed by atoms with van der Waals surface area (Å²) in [6.07, 6.45) is 1.78. The van der Waals surface area contributed by atoms with Crippen molar-refractivity contribution in [2.75, 3.05) is 12.0 Å². The van der Waals surface area contributed by atoms with Crippen molar-refractivity contribution in [3.8, 4) is 5.75 Å². The highest BCUT2D eigenvalue weighted by Crippen LogP contribution is 2.46. The van der Waals surface area contributed by atoms with Gasteiger partial charge in [0.15, 0.2) is 0 Å². The van der Waals surface area contributed by atoms with E-state index in [9.17, 15) is 14.7 Å². The van der Waals surface area contributed by atoms with Crippen LogP contribution < -0.4 is 9.64 Å². The Morgan fingerprint density at radius 1 is 1.08 bits per heavy atom. The predicted molar refractivity (Wildman–Crippen MR) is 146 cm³/mol. The number of aryl methyl sites for hydroxylation is 1. The zero-order valence-corrected chi connectivity index (χ0v) is 21.8. The molecule has 0 aliphatic carbocycles. The first-order chi connectivity index (χ1) is 17.7. The van der Waals surface area contributed by atoms with Crippen molar-refractivity contribution in [2.45, 2.75) is 32.7 Å². The highest BCUT2D eigenvalue weighted by atomic mass is 35.5. The van der Waals surface area contributed by atoms with E-state index < -0.39 is 17.7 Å². The lowest BCUT2D eigenvalue weighted by atomic mass is 9.94. The van der Waals surface area contributed by atoms with Crippen LogP contribution in [0.2, 0.25) is 5.02 Å². The van der Waals surface area contributed by atoms with Gasteiger partial charge in [0.25, 0.3) is 11.7 Å². The van der Waals surface area contributed by atoms with Crippen LogP contribution in [0.15, 0.2) is 72.4 Å². The number of ether oxygens (including phenoxy) is 1. The number of hydrogen-bond donors (Lipinski definition) is 2. The van der Waals surface area contributed by atoms with Gasteiger partial charge in [-0.05, 0) is 54.3 Å². The largest absolute Gasteiger partial charge is 0.507 e. The molecule has 0 saturated carbocycles. The van der Waals surface area contributed by atoms with Crippen LogP contribution in [0.4, 0.5) is 5.69 Å². The number of aliphatic hydroxyl groups is 1. The van der Waals surface area contributed by atoms with E-state index in [1.807, 2.05) is 55.5 Å². The monoisotopic (exact) mass is 514 g/mol. The number of nitrogens with zero attached hydrogens (tertiary/aromatic N) is 1. The fourth-order valence-electron chi connectivity index (χ4n) is 4.99. The molecule has 1 saturated heterocycles. The normalized spacial score (nSPS) is 17.2. The standard InChI is InChI=1S/C30H27ClN2O4/c1-16(2)18-9-11-19(12-10-18)33-26(22-15-32-24-8-6-5-7-20(22)24)25(28(35)30(33)36)27(34)21-13-17(3)14-23(31)29(21)37-4/h5-16,26,32,34H,1-4H3/b27-25+. The number of hydrogen-bond acceptors (Lipinski definition) is 4. The smallest absolute Gasteiger partial charge is 0.300 e. The van der Waals surface area contributed by atoms with Gasteiger partial charge in [-0.1, -0.05) is 55.8 Å². The summed E-state index contributed by atoms with van der Waals surface area (Å²) in [6, 6.07) is 17.8. The number of benzene rings is 3. The molecule has 0 spiro atoms. The number of H-pyrrole nitrogens is 1. The van der Waals surface area contributed by atoms with Crippen LogP contribution in [0, 0.1) is 6.92 Å². The summed E-state index contributed by atoms with van der Waals surface area (Å²) >= 11 is 6.40. The lowest BCUT2D eigenvalue weighted by Gasteiger charge is -2.25. The molecular weight excluding hydrogens is 488 g/mol. The number of Topliss-reactive ketones (excluding diaryl/α,β-unsaturated/α-hetero) is 1. The van der Waals surface area contributed by atoms with E-state index in [0.29, 0.717) is 22.2 Å². The fourth-order valence-corrected chi connectivity index (χ4v) is 5.34. The van der Waals surface area contributed by atoms with Gasteiger partial charge in [0.1, 0.15) is 11.5 Å². The van der Waals surface area contributed by atoms with E-state index in [0.717, 1.165) is 22.0 Å². The number of methoxy groups -OCH3 is 1. The minimum atomic E-state index is -0.870. The van der Waals surface area contributed by atoms with E-state index >= 15 is 0 Å². The third-order valence-electron chi connectivity index (χ3n) is 6.85. The highest BCUT2D eigenvalue weighted by molar-refractivity contribution is 6.52. The molecule has 4 aromatic rings. The molecule has 1 fully saturated rings. The van der Waals surface area contributed by atoms with Crippen LogP contribution in [-0.2, 0) is 9.59 Å². The fraction of sp³-hybridized carbons (Fsp3) is 0.200. The summed E-state index contributed by atoms with van der Waals surface area (Å²) in [5, 5.41) is 12.8.